The van der Waals surface area contributed by atoms with E-state index in [1.54, 1.807) is 12.1 Å². The van der Waals surface area contributed by atoms with Gasteiger partial charge in [0, 0.05) is 48.3 Å². The first kappa shape index (κ1) is 24.1. The van der Waals surface area contributed by atoms with E-state index in [0.717, 1.165) is 40.8 Å². The van der Waals surface area contributed by atoms with Crippen LogP contribution >= 0.6 is 0 Å². The molecule has 0 spiro atoms. The fraction of sp³-hybridized carbons (Fsp3) is 0.407. The number of pyridine rings is 1. The fourth-order valence-electron chi connectivity index (χ4n) is 5.12. The van der Waals surface area contributed by atoms with Crippen molar-refractivity contribution < 1.29 is 4.39 Å². The lowest BCUT2D eigenvalue weighted by molar-refractivity contribution is 0.190. The highest BCUT2D eigenvalue weighted by Gasteiger charge is 2.35. The second-order valence-corrected chi connectivity index (χ2v) is 10.6. The average Bonchev–Trinajstić information content (AvgIpc) is 3.31. The van der Waals surface area contributed by atoms with Crippen molar-refractivity contribution in [3.8, 4) is 0 Å². The van der Waals surface area contributed by atoms with Crippen molar-refractivity contribution in [3.63, 3.8) is 0 Å². The van der Waals surface area contributed by atoms with Crippen LogP contribution in [0.1, 0.15) is 49.3 Å². The number of aromatic nitrogens is 5. The Bertz CT molecular complexity index is 1440. The Kier molecular flexibility index (Phi) is 6.12. The van der Waals surface area contributed by atoms with Crippen LogP contribution in [0.25, 0.3) is 10.9 Å². The summed E-state index contributed by atoms with van der Waals surface area (Å²) in [5.41, 5.74) is 4.17. The van der Waals surface area contributed by atoms with E-state index in [0.29, 0.717) is 24.5 Å². The number of hydrogen-bond acceptors (Lipinski definition) is 6. The van der Waals surface area contributed by atoms with Gasteiger partial charge < -0.3 is 9.88 Å². The third kappa shape index (κ3) is 4.51. The molecule has 1 aliphatic rings. The first-order chi connectivity index (χ1) is 17.1. The van der Waals surface area contributed by atoms with Crippen molar-refractivity contribution in [2.24, 2.45) is 0 Å². The number of tetrazole rings is 1. The van der Waals surface area contributed by atoms with Crippen LogP contribution in [0.5, 0.6) is 0 Å². The van der Waals surface area contributed by atoms with Gasteiger partial charge in [-0.3, -0.25) is 9.69 Å². The highest BCUT2D eigenvalue weighted by molar-refractivity contribution is 5.83. The summed E-state index contributed by atoms with van der Waals surface area (Å²) >= 11 is 0. The summed E-state index contributed by atoms with van der Waals surface area (Å²) < 4.78 is 15.2. The first-order valence-electron chi connectivity index (χ1n) is 12.3. The smallest absolute Gasteiger partial charge is 0.253 e. The summed E-state index contributed by atoms with van der Waals surface area (Å²) in [4.78, 5) is 21.1. The Hall–Kier alpha value is -3.59. The van der Waals surface area contributed by atoms with Crippen molar-refractivity contribution in [2.45, 2.75) is 46.2 Å². The number of aromatic amines is 1. The van der Waals surface area contributed by atoms with Crippen molar-refractivity contribution in [2.75, 3.05) is 31.1 Å². The Morgan fingerprint density at radius 3 is 2.36 bits per heavy atom. The van der Waals surface area contributed by atoms with Gasteiger partial charge in [-0.05, 0) is 92.6 Å². The minimum absolute atomic E-state index is 0.137. The summed E-state index contributed by atoms with van der Waals surface area (Å²) in [5.74, 6) is 0.403. The number of piperazine rings is 1. The molecule has 0 bridgehead atoms. The van der Waals surface area contributed by atoms with Gasteiger partial charge in [-0.15, -0.1) is 5.10 Å². The molecule has 4 aromatic rings. The molecule has 0 amide bonds. The largest absolute Gasteiger partial charge is 0.369 e. The molecule has 188 valence electrons. The van der Waals surface area contributed by atoms with Gasteiger partial charge in [-0.2, -0.15) is 0 Å². The SMILES string of the molecule is Cc1cc(C)c2cc([C@H](c3nnnn3C(C)(C)C)N3CCN(c4ccc(F)cc4)CC3)c(=O)[nH]c2c1. The van der Waals surface area contributed by atoms with Crippen LogP contribution in [0.2, 0.25) is 0 Å². The number of halogens is 1. The van der Waals surface area contributed by atoms with Crippen molar-refractivity contribution >= 4 is 16.6 Å². The summed E-state index contributed by atoms with van der Waals surface area (Å²) in [6, 6.07) is 12.3. The third-order valence-corrected chi connectivity index (χ3v) is 6.88. The number of aryl methyl sites for hydroxylation is 2. The van der Waals surface area contributed by atoms with Gasteiger partial charge in [0.05, 0.1) is 5.54 Å². The standard InChI is InChI=1S/C27H32FN7O/c1-17-14-18(2)21-16-22(26(36)29-23(21)15-17)24(25-30-31-32-35(25)27(3,4)5)34-12-10-33(11-13-34)20-8-6-19(28)7-9-20/h6-9,14-16,24H,10-13H2,1-5H3,(H,29,36)/t24-/m1/s1. The molecule has 0 aliphatic carbocycles. The molecule has 0 unspecified atom stereocenters. The summed E-state index contributed by atoms with van der Waals surface area (Å²) in [5, 5.41) is 13.7. The van der Waals surface area contributed by atoms with Crippen LogP contribution in [-0.2, 0) is 5.54 Å². The van der Waals surface area contributed by atoms with E-state index in [4.69, 9.17) is 0 Å². The number of hydrogen-bond donors (Lipinski definition) is 1. The van der Waals surface area contributed by atoms with E-state index < -0.39 is 6.04 Å². The number of nitrogens with one attached hydrogen (secondary N) is 1. The zero-order chi connectivity index (χ0) is 25.6. The molecule has 2 aromatic carbocycles. The third-order valence-electron chi connectivity index (χ3n) is 6.88. The molecule has 5 rings (SSSR count). The maximum atomic E-state index is 13.5. The van der Waals surface area contributed by atoms with Crippen molar-refractivity contribution in [3.05, 3.63) is 81.2 Å². The molecule has 0 saturated carbocycles. The molecule has 2 aromatic heterocycles. The molecule has 3 heterocycles. The molecular weight excluding hydrogens is 457 g/mol. The number of H-pyrrole nitrogens is 1. The zero-order valence-electron chi connectivity index (χ0n) is 21.4. The zero-order valence-corrected chi connectivity index (χ0v) is 21.4. The van der Waals surface area contributed by atoms with Crippen molar-refractivity contribution in [1.82, 2.24) is 30.1 Å². The van der Waals surface area contributed by atoms with Gasteiger partial charge in [0.1, 0.15) is 11.9 Å². The van der Waals surface area contributed by atoms with Gasteiger partial charge >= 0.3 is 0 Å². The molecule has 1 N–H and O–H groups in total. The average molecular weight is 490 g/mol. The van der Waals surface area contributed by atoms with Crippen LogP contribution in [0.3, 0.4) is 0 Å². The minimum Gasteiger partial charge on any atom is -0.369 e. The maximum Gasteiger partial charge on any atom is 0.253 e. The summed E-state index contributed by atoms with van der Waals surface area (Å²) in [6.07, 6.45) is 0. The Labute approximate surface area is 209 Å². The normalized spacial score (nSPS) is 16.0. The molecule has 1 aliphatic heterocycles. The summed E-state index contributed by atoms with van der Waals surface area (Å²) in [6.45, 7) is 13.1. The van der Waals surface area contributed by atoms with Gasteiger partial charge in [0.15, 0.2) is 5.82 Å². The quantitative estimate of drug-likeness (QED) is 0.468. The lowest BCUT2D eigenvalue weighted by Gasteiger charge is -2.40. The minimum atomic E-state index is -0.413. The van der Waals surface area contributed by atoms with Crippen LogP contribution in [0.4, 0.5) is 10.1 Å². The van der Waals surface area contributed by atoms with Gasteiger partial charge in [0.25, 0.3) is 5.56 Å². The lowest BCUT2D eigenvalue weighted by Crippen LogP contribution is -2.49. The second-order valence-electron chi connectivity index (χ2n) is 10.6. The Morgan fingerprint density at radius 2 is 1.69 bits per heavy atom. The van der Waals surface area contributed by atoms with E-state index in [-0.39, 0.29) is 16.9 Å². The van der Waals surface area contributed by atoms with Crippen LogP contribution in [0.15, 0.2) is 47.3 Å². The highest BCUT2D eigenvalue weighted by atomic mass is 19.1. The van der Waals surface area contributed by atoms with Gasteiger partial charge in [0.2, 0.25) is 0 Å². The molecule has 1 atom stereocenters. The summed E-state index contributed by atoms with van der Waals surface area (Å²) in [7, 11) is 0. The number of benzene rings is 2. The van der Waals surface area contributed by atoms with Crippen LogP contribution < -0.4 is 10.5 Å². The van der Waals surface area contributed by atoms with Gasteiger partial charge in [-0.25, -0.2) is 9.07 Å². The Morgan fingerprint density at radius 1 is 1.00 bits per heavy atom. The molecule has 8 nitrogen and oxygen atoms in total. The molecule has 0 radical (unpaired) electrons. The molecule has 36 heavy (non-hydrogen) atoms. The van der Waals surface area contributed by atoms with E-state index in [1.165, 1.54) is 12.1 Å². The predicted molar refractivity (Wildman–Crippen MR) is 139 cm³/mol. The number of anilines is 1. The second kappa shape index (κ2) is 9.13. The topological polar surface area (TPSA) is 82.9 Å². The van der Waals surface area contributed by atoms with Crippen LogP contribution in [-0.4, -0.2) is 56.3 Å². The van der Waals surface area contributed by atoms with E-state index in [9.17, 15) is 9.18 Å². The van der Waals surface area contributed by atoms with E-state index in [1.807, 2.05) is 44.5 Å². The molecule has 9 heteroatoms. The number of fused-ring (bicyclic) bond motifs is 1. The predicted octanol–water partition coefficient (Wildman–Crippen LogP) is 3.94. The van der Waals surface area contributed by atoms with Gasteiger partial charge in [-0.1, -0.05) is 6.07 Å². The lowest BCUT2D eigenvalue weighted by atomic mass is 9.98. The molecular formula is C27H32FN7O. The molecule has 1 saturated heterocycles. The van der Waals surface area contributed by atoms with Crippen LogP contribution in [0, 0.1) is 19.7 Å². The fourth-order valence-corrected chi connectivity index (χ4v) is 5.12. The molecule has 1 fully saturated rings. The van der Waals surface area contributed by atoms with E-state index >= 15 is 0 Å². The monoisotopic (exact) mass is 489 g/mol. The Balaban J connectivity index is 1.57. The number of rotatable bonds is 4. The highest BCUT2D eigenvalue weighted by Crippen LogP contribution is 2.31. The maximum absolute atomic E-state index is 13.5. The first-order valence-corrected chi connectivity index (χ1v) is 12.3. The number of nitrogens with zero attached hydrogens (tertiary/aromatic N) is 6. The van der Waals surface area contributed by atoms with E-state index in [2.05, 4.69) is 43.3 Å². The van der Waals surface area contributed by atoms with Crippen molar-refractivity contribution in [1.29, 1.82) is 0 Å².